The molecule has 0 unspecified atom stereocenters. The van der Waals surface area contributed by atoms with Crippen LogP contribution in [0.15, 0.2) is 12.1 Å². The summed E-state index contributed by atoms with van der Waals surface area (Å²) in [4.78, 5) is 7.13. The summed E-state index contributed by atoms with van der Waals surface area (Å²) in [5.74, 6) is -1.44. The fraction of sp³-hybridized carbons (Fsp3) is 0. The number of halogens is 2. The molecule has 2 rings (SSSR count). The van der Waals surface area contributed by atoms with Crippen LogP contribution in [0.1, 0.15) is 0 Å². The summed E-state index contributed by atoms with van der Waals surface area (Å²) in [6, 6.07) is 2.00. The van der Waals surface area contributed by atoms with Crippen LogP contribution in [0.2, 0.25) is 5.15 Å². The van der Waals surface area contributed by atoms with Crippen LogP contribution in [0, 0.1) is 5.82 Å². The zero-order chi connectivity index (χ0) is 10.3. The van der Waals surface area contributed by atoms with Gasteiger partial charge in [0.2, 0.25) is 5.88 Å². The molecule has 6 heteroatoms. The fourth-order valence-corrected chi connectivity index (χ4v) is 1.21. The molecule has 2 heterocycles. The van der Waals surface area contributed by atoms with E-state index in [1.165, 1.54) is 0 Å². The van der Waals surface area contributed by atoms with Gasteiger partial charge in [0, 0.05) is 6.07 Å². The van der Waals surface area contributed by atoms with Gasteiger partial charge in [-0.25, -0.2) is 9.37 Å². The van der Waals surface area contributed by atoms with Crippen molar-refractivity contribution < 1.29 is 14.6 Å². The Morgan fingerprint density at radius 2 is 1.93 bits per heavy atom. The Morgan fingerprint density at radius 1 is 1.21 bits per heavy atom. The monoisotopic (exact) mass is 214 g/mol. The lowest BCUT2D eigenvalue weighted by Gasteiger charge is -2.01. The second-order valence-electron chi connectivity index (χ2n) is 2.63. The van der Waals surface area contributed by atoms with E-state index in [-0.39, 0.29) is 21.9 Å². The third-order valence-corrected chi connectivity index (χ3v) is 1.94. The Balaban J connectivity index is 2.89. The second-order valence-corrected chi connectivity index (χ2v) is 2.99. The van der Waals surface area contributed by atoms with Gasteiger partial charge in [-0.15, -0.1) is 0 Å². The highest BCUT2D eigenvalue weighted by atomic mass is 35.5. The van der Waals surface area contributed by atoms with E-state index in [1.54, 1.807) is 0 Å². The Bertz CT molecular complexity index is 518. The van der Waals surface area contributed by atoms with E-state index in [0.29, 0.717) is 0 Å². The van der Waals surface area contributed by atoms with E-state index < -0.39 is 11.7 Å². The van der Waals surface area contributed by atoms with Crippen LogP contribution < -0.4 is 0 Å². The van der Waals surface area contributed by atoms with Crippen LogP contribution in [-0.4, -0.2) is 20.2 Å². The molecule has 14 heavy (non-hydrogen) atoms. The lowest BCUT2D eigenvalue weighted by molar-refractivity contribution is 0.439. The molecule has 0 atom stereocenters. The normalized spacial score (nSPS) is 10.7. The number of hydrogen-bond acceptors (Lipinski definition) is 4. The minimum absolute atomic E-state index is 0.00565. The summed E-state index contributed by atoms with van der Waals surface area (Å²) in [7, 11) is 0. The predicted octanol–water partition coefficient (Wildman–Crippen LogP) is 1.83. The summed E-state index contributed by atoms with van der Waals surface area (Å²) in [6.07, 6.45) is 0. The highest BCUT2D eigenvalue weighted by molar-refractivity contribution is 6.29. The number of nitrogens with zero attached hydrogens (tertiary/aromatic N) is 2. The molecular formula is C8H4ClFN2O2. The maximum atomic E-state index is 12.9. The van der Waals surface area contributed by atoms with E-state index in [0.717, 1.165) is 12.1 Å². The van der Waals surface area contributed by atoms with Crippen molar-refractivity contribution in [2.24, 2.45) is 0 Å². The molecule has 0 bridgehead atoms. The van der Waals surface area contributed by atoms with Gasteiger partial charge in [0.25, 0.3) is 0 Å². The van der Waals surface area contributed by atoms with Crippen LogP contribution in [0.3, 0.4) is 0 Å². The molecule has 4 nitrogen and oxygen atoms in total. The number of hydrogen-bond donors (Lipinski definition) is 2. The van der Waals surface area contributed by atoms with Crippen molar-refractivity contribution in [3.05, 3.63) is 23.1 Å². The third kappa shape index (κ3) is 1.31. The van der Waals surface area contributed by atoms with E-state index in [9.17, 15) is 9.50 Å². The molecule has 0 aromatic carbocycles. The van der Waals surface area contributed by atoms with Crippen LogP contribution in [0.5, 0.6) is 11.6 Å². The molecule has 0 aliphatic rings. The van der Waals surface area contributed by atoms with Gasteiger partial charge in [-0.3, -0.25) is 0 Å². The van der Waals surface area contributed by atoms with Crippen molar-refractivity contribution >= 4 is 22.6 Å². The molecular weight excluding hydrogens is 211 g/mol. The topological polar surface area (TPSA) is 66.2 Å². The minimum Gasteiger partial charge on any atom is -0.507 e. The first-order valence-corrected chi connectivity index (χ1v) is 4.00. The molecule has 0 saturated carbocycles. The number of aromatic hydroxyl groups is 2. The Labute approximate surface area is 82.6 Å². The van der Waals surface area contributed by atoms with Gasteiger partial charge in [-0.05, 0) is 6.07 Å². The minimum atomic E-state index is -0.748. The molecule has 2 aromatic rings. The predicted molar refractivity (Wildman–Crippen MR) is 47.8 cm³/mol. The van der Waals surface area contributed by atoms with Crippen molar-refractivity contribution in [1.29, 1.82) is 0 Å². The van der Waals surface area contributed by atoms with E-state index in [4.69, 9.17) is 16.7 Å². The Hall–Kier alpha value is -1.62. The highest BCUT2D eigenvalue weighted by Gasteiger charge is 2.09. The van der Waals surface area contributed by atoms with Crippen LogP contribution >= 0.6 is 11.6 Å². The summed E-state index contributed by atoms with van der Waals surface area (Å²) in [5, 5.41) is 18.1. The molecule has 0 aliphatic carbocycles. The van der Waals surface area contributed by atoms with Crippen molar-refractivity contribution in [3.63, 3.8) is 0 Å². The van der Waals surface area contributed by atoms with E-state index >= 15 is 0 Å². The maximum Gasteiger partial charge on any atom is 0.216 e. The SMILES string of the molecule is Oc1cc(O)c2cc(F)c(Cl)nc2n1. The Morgan fingerprint density at radius 3 is 2.64 bits per heavy atom. The largest absolute Gasteiger partial charge is 0.507 e. The van der Waals surface area contributed by atoms with Gasteiger partial charge in [-0.1, -0.05) is 11.6 Å². The standard InChI is InChI=1S/C8H4ClFN2O2/c9-7-4(10)1-3-5(13)2-6(14)11-8(3)12-7/h1-2H,(H2,11,12,13,14). The number of rotatable bonds is 0. The van der Waals surface area contributed by atoms with E-state index in [1.807, 2.05) is 0 Å². The molecule has 0 amide bonds. The van der Waals surface area contributed by atoms with Crippen molar-refractivity contribution in [2.45, 2.75) is 0 Å². The first-order valence-electron chi connectivity index (χ1n) is 3.62. The van der Waals surface area contributed by atoms with Gasteiger partial charge in [0.15, 0.2) is 16.6 Å². The molecule has 2 aromatic heterocycles. The molecule has 0 saturated heterocycles. The van der Waals surface area contributed by atoms with Crippen molar-refractivity contribution in [2.75, 3.05) is 0 Å². The lowest BCUT2D eigenvalue weighted by atomic mass is 10.2. The first kappa shape index (κ1) is 8.96. The Kier molecular flexibility index (Phi) is 1.89. The van der Waals surface area contributed by atoms with Gasteiger partial charge in [0.05, 0.1) is 5.39 Å². The molecule has 2 N–H and O–H groups in total. The molecule has 0 fully saturated rings. The fourth-order valence-electron chi connectivity index (χ4n) is 1.07. The highest BCUT2D eigenvalue weighted by Crippen LogP contribution is 2.28. The molecule has 0 aliphatic heterocycles. The van der Waals surface area contributed by atoms with Crippen molar-refractivity contribution in [1.82, 2.24) is 9.97 Å². The quantitative estimate of drug-likeness (QED) is 0.657. The number of aromatic nitrogens is 2. The third-order valence-electron chi connectivity index (χ3n) is 1.68. The van der Waals surface area contributed by atoms with Crippen LogP contribution in [0.25, 0.3) is 11.0 Å². The maximum absolute atomic E-state index is 12.9. The average Bonchev–Trinajstić information content (AvgIpc) is 2.08. The first-order chi connectivity index (χ1) is 6.58. The zero-order valence-electron chi connectivity index (χ0n) is 6.70. The lowest BCUT2D eigenvalue weighted by Crippen LogP contribution is -1.88. The van der Waals surface area contributed by atoms with Gasteiger partial charge >= 0.3 is 0 Å². The smallest absolute Gasteiger partial charge is 0.216 e. The number of pyridine rings is 2. The van der Waals surface area contributed by atoms with Gasteiger partial charge in [0.1, 0.15) is 5.75 Å². The number of fused-ring (bicyclic) bond motifs is 1. The molecule has 0 radical (unpaired) electrons. The van der Waals surface area contributed by atoms with Gasteiger partial charge < -0.3 is 10.2 Å². The second kappa shape index (κ2) is 2.95. The van der Waals surface area contributed by atoms with E-state index in [2.05, 4.69) is 9.97 Å². The summed E-state index contributed by atoms with van der Waals surface area (Å²) in [5.41, 5.74) is -0.00565. The summed E-state index contributed by atoms with van der Waals surface area (Å²) in [6.45, 7) is 0. The summed E-state index contributed by atoms with van der Waals surface area (Å²) < 4.78 is 12.9. The molecule has 72 valence electrons. The van der Waals surface area contributed by atoms with Gasteiger partial charge in [-0.2, -0.15) is 4.98 Å². The van der Waals surface area contributed by atoms with Crippen LogP contribution in [-0.2, 0) is 0 Å². The summed E-state index contributed by atoms with van der Waals surface area (Å²) >= 11 is 5.40. The van der Waals surface area contributed by atoms with Crippen LogP contribution in [0.4, 0.5) is 4.39 Å². The van der Waals surface area contributed by atoms with Crippen molar-refractivity contribution in [3.8, 4) is 11.6 Å². The zero-order valence-corrected chi connectivity index (χ0v) is 7.46. The molecule has 0 spiro atoms. The average molecular weight is 215 g/mol.